The topological polar surface area (TPSA) is 107 Å². The van der Waals surface area contributed by atoms with E-state index in [-0.39, 0.29) is 13.2 Å². The number of amides is 1. The van der Waals surface area contributed by atoms with Crippen molar-refractivity contribution >= 4 is 12.1 Å². The Balaban J connectivity index is 1.41. The van der Waals surface area contributed by atoms with Crippen molar-refractivity contribution in [3.05, 3.63) is 89.7 Å². The molecular formula is C25H26N2O6. The summed E-state index contributed by atoms with van der Waals surface area (Å²) in [5, 5.41) is 11.8. The number of hydrogen-bond acceptors (Lipinski definition) is 6. The van der Waals surface area contributed by atoms with Crippen LogP contribution in [0.4, 0.5) is 4.79 Å². The van der Waals surface area contributed by atoms with Crippen LogP contribution in [0, 0.1) is 0 Å². The molecular weight excluding hydrogens is 424 g/mol. The summed E-state index contributed by atoms with van der Waals surface area (Å²) in [5.74, 6) is 0.0343. The zero-order chi connectivity index (χ0) is 23.5. The van der Waals surface area contributed by atoms with Gasteiger partial charge in [0.2, 0.25) is 0 Å². The van der Waals surface area contributed by atoms with Crippen LogP contribution in [-0.2, 0) is 29.3 Å². The molecule has 1 heterocycles. The number of alkyl carbamates (subject to hydrolysis) is 1. The Kier molecular flexibility index (Phi) is 8.64. The van der Waals surface area contributed by atoms with Gasteiger partial charge in [-0.2, -0.15) is 0 Å². The average molecular weight is 450 g/mol. The predicted octanol–water partition coefficient (Wildman–Crippen LogP) is 4.33. The molecule has 3 aromatic rings. The molecule has 2 aromatic carbocycles. The maximum atomic E-state index is 12.0. The monoisotopic (exact) mass is 450 g/mol. The molecule has 0 saturated heterocycles. The third kappa shape index (κ3) is 7.84. The zero-order valence-electron chi connectivity index (χ0n) is 18.3. The van der Waals surface area contributed by atoms with Crippen LogP contribution in [0.1, 0.15) is 30.2 Å². The van der Waals surface area contributed by atoms with Gasteiger partial charge in [0.05, 0.1) is 11.9 Å². The minimum Gasteiger partial charge on any atom is -0.487 e. The molecule has 0 bridgehead atoms. The van der Waals surface area contributed by atoms with Gasteiger partial charge < -0.3 is 24.6 Å². The highest BCUT2D eigenvalue weighted by atomic mass is 16.5. The molecule has 0 fully saturated rings. The van der Waals surface area contributed by atoms with Crippen LogP contribution in [0.2, 0.25) is 0 Å². The number of carbonyl (C=O) groups is 2. The summed E-state index contributed by atoms with van der Waals surface area (Å²) in [4.78, 5) is 27.4. The Bertz CT molecular complexity index is 1040. The number of aromatic nitrogens is 1. The van der Waals surface area contributed by atoms with Crippen molar-refractivity contribution in [2.24, 2.45) is 0 Å². The number of nitrogens with zero attached hydrogens (tertiary/aromatic N) is 1. The van der Waals surface area contributed by atoms with Crippen LogP contribution >= 0.6 is 0 Å². The Morgan fingerprint density at radius 3 is 2.45 bits per heavy atom. The highest BCUT2D eigenvalue weighted by Gasteiger charge is 2.16. The number of hydrogen-bond donors (Lipinski definition) is 2. The van der Waals surface area contributed by atoms with Gasteiger partial charge in [0.1, 0.15) is 24.7 Å². The van der Waals surface area contributed by atoms with E-state index < -0.39 is 18.2 Å². The lowest BCUT2D eigenvalue weighted by molar-refractivity contribution is -0.145. The molecule has 0 aliphatic carbocycles. The SMILES string of the molecule is CCC(Oc1cccc(CNC(=O)OCc2ccc(OCc3ccccc3)cn2)c1)C(=O)O. The van der Waals surface area contributed by atoms with Gasteiger partial charge in [0.15, 0.2) is 6.10 Å². The molecule has 1 amide bonds. The first-order valence-corrected chi connectivity index (χ1v) is 10.5. The number of carbonyl (C=O) groups excluding carboxylic acids is 1. The van der Waals surface area contributed by atoms with Crippen molar-refractivity contribution in [3.8, 4) is 11.5 Å². The first-order valence-electron chi connectivity index (χ1n) is 10.5. The van der Waals surface area contributed by atoms with E-state index in [0.717, 1.165) is 11.1 Å². The summed E-state index contributed by atoms with van der Waals surface area (Å²) in [6.45, 7) is 2.41. The minimum atomic E-state index is -1.02. The highest BCUT2D eigenvalue weighted by Crippen LogP contribution is 2.16. The number of ether oxygens (including phenoxy) is 3. The molecule has 2 N–H and O–H groups in total. The Labute approximate surface area is 192 Å². The lowest BCUT2D eigenvalue weighted by atomic mass is 10.2. The molecule has 172 valence electrons. The largest absolute Gasteiger partial charge is 0.487 e. The minimum absolute atomic E-state index is 0.0186. The summed E-state index contributed by atoms with van der Waals surface area (Å²) < 4.78 is 16.4. The van der Waals surface area contributed by atoms with Gasteiger partial charge in [-0.1, -0.05) is 49.4 Å². The van der Waals surface area contributed by atoms with Gasteiger partial charge in [0.25, 0.3) is 0 Å². The van der Waals surface area contributed by atoms with E-state index >= 15 is 0 Å². The molecule has 0 aliphatic rings. The fourth-order valence-corrected chi connectivity index (χ4v) is 2.89. The third-order valence-electron chi connectivity index (χ3n) is 4.66. The molecule has 1 unspecified atom stereocenters. The second-order valence-electron chi connectivity index (χ2n) is 7.19. The second-order valence-corrected chi connectivity index (χ2v) is 7.19. The second kappa shape index (κ2) is 12.1. The van der Waals surface area contributed by atoms with E-state index in [0.29, 0.717) is 30.2 Å². The Morgan fingerprint density at radius 2 is 1.76 bits per heavy atom. The third-order valence-corrected chi connectivity index (χ3v) is 4.66. The van der Waals surface area contributed by atoms with E-state index in [1.165, 1.54) is 0 Å². The van der Waals surface area contributed by atoms with Gasteiger partial charge in [-0.25, -0.2) is 9.59 Å². The maximum absolute atomic E-state index is 12.0. The Hall–Kier alpha value is -4.07. The highest BCUT2D eigenvalue weighted by molar-refractivity contribution is 5.72. The number of rotatable bonds is 11. The van der Waals surface area contributed by atoms with Crippen LogP contribution in [0.25, 0.3) is 0 Å². The van der Waals surface area contributed by atoms with Gasteiger partial charge >= 0.3 is 12.1 Å². The number of aliphatic carboxylic acids is 1. The molecule has 0 aliphatic heterocycles. The quantitative estimate of drug-likeness (QED) is 0.448. The predicted molar refractivity (Wildman–Crippen MR) is 121 cm³/mol. The van der Waals surface area contributed by atoms with Crippen molar-refractivity contribution in [1.29, 1.82) is 0 Å². The van der Waals surface area contributed by atoms with Crippen LogP contribution in [0.15, 0.2) is 72.9 Å². The molecule has 8 heteroatoms. The number of carboxylic acid groups (broad SMARTS) is 1. The van der Waals surface area contributed by atoms with E-state index in [2.05, 4.69) is 10.3 Å². The lowest BCUT2D eigenvalue weighted by Gasteiger charge is -2.14. The van der Waals surface area contributed by atoms with E-state index in [9.17, 15) is 9.59 Å². The number of nitrogens with one attached hydrogen (secondary N) is 1. The number of carboxylic acids is 1. The van der Waals surface area contributed by atoms with Crippen LogP contribution in [-0.4, -0.2) is 28.3 Å². The molecule has 1 aromatic heterocycles. The van der Waals surface area contributed by atoms with Gasteiger partial charge in [-0.05, 0) is 41.8 Å². The first-order chi connectivity index (χ1) is 16.0. The summed E-state index contributed by atoms with van der Waals surface area (Å²) in [7, 11) is 0. The maximum Gasteiger partial charge on any atom is 0.407 e. The van der Waals surface area contributed by atoms with E-state index in [1.54, 1.807) is 49.5 Å². The van der Waals surface area contributed by atoms with Gasteiger partial charge in [-0.3, -0.25) is 4.98 Å². The standard InChI is InChI=1S/C25H26N2O6/c1-2-23(24(28)29)33-21-10-6-9-19(13-21)14-27-25(30)32-17-20-11-12-22(15-26-20)31-16-18-7-4-3-5-8-18/h3-13,15,23H,2,14,16-17H2,1H3,(H,27,30)(H,28,29). The Morgan fingerprint density at radius 1 is 0.970 bits per heavy atom. The van der Waals surface area contributed by atoms with Crippen molar-refractivity contribution in [2.75, 3.05) is 0 Å². The lowest BCUT2D eigenvalue weighted by Crippen LogP contribution is -2.26. The van der Waals surface area contributed by atoms with Crippen molar-refractivity contribution in [1.82, 2.24) is 10.3 Å². The molecule has 33 heavy (non-hydrogen) atoms. The normalized spacial score (nSPS) is 11.3. The van der Waals surface area contributed by atoms with Crippen molar-refractivity contribution in [2.45, 2.75) is 39.2 Å². The average Bonchev–Trinajstić information content (AvgIpc) is 2.85. The molecule has 0 radical (unpaired) electrons. The fourth-order valence-electron chi connectivity index (χ4n) is 2.89. The van der Waals surface area contributed by atoms with E-state index in [4.69, 9.17) is 19.3 Å². The van der Waals surface area contributed by atoms with Gasteiger partial charge in [-0.15, -0.1) is 0 Å². The van der Waals surface area contributed by atoms with Crippen LogP contribution in [0.5, 0.6) is 11.5 Å². The van der Waals surface area contributed by atoms with E-state index in [1.807, 2.05) is 30.3 Å². The van der Waals surface area contributed by atoms with Crippen molar-refractivity contribution < 1.29 is 28.9 Å². The molecule has 0 saturated carbocycles. The summed E-state index contributed by atoms with van der Waals surface area (Å²) in [5.41, 5.74) is 2.40. The number of benzene rings is 2. The molecule has 8 nitrogen and oxygen atoms in total. The smallest absolute Gasteiger partial charge is 0.407 e. The molecule has 1 atom stereocenters. The van der Waals surface area contributed by atoms with Crippen LogP contribution < -0.4 is 14.8 Å². The fraction of sp³-hybridized carbons (Fsp3) is 0.240. The van der Waals surface area contributed by atoms with Crippen LogP contribution in [0.3, 0.4) is 0 Å². The van der Waals surface area contributed by atoms with Crippen molar-refractivity contribution in [3.63, 3.8) is 0 Å². The zero-order valence-corrected chi connectivity index (χ0v) is 18.3. The molecule has 0 spiro atoms. The number of pyridine rings is 1. The van der Waals surface area contributed by atoms with Gasteiger partial charge in [0, 0.05) is 6.54 Å². The summed E-state index contributed by atoms with van der Waals surface area (Å²) in [6.07, 6.45) is 0.426. The first kappa shape index (κ1) is 23.6. The summed E-state index contributed by atoms with van der Waals surface area (Å²) >= 11 is 0. The summed E-state index contributed by atoms with van der Waals surface area (Å²) in [6, 6.07) is 20.2. The molecule has 3 rings (SSSR count).